The lowest BCUT2D eigenvalue weighted by molar-refractivity contribution is 0.104. The van der Waals surface area contributed by atoms with E-state index in [1.807, 2.05) is 6.92 Å². The molecule has 0 aromatic carbocycles. The molecule has 0 radical (unpaired) electrons. The molecule has 3 rings (SSSR count). The second-order valence-electron chi connectivity index (χ2n) is 5.94. The van der Waals surface area contributed by atoms with E-state index in [2.05, 4.69) is 20.4 Å². The Kier molecular flexibility index (Phi) is 5.98. The van der Waals surface area contributed by atoms with Crippen LogP contribution in [0.25, 0.3) is 0 Å². The maximum absolute atomic E-state index is 5.55. The van der Waals surface area contributed by atoms with Gasteiger partial charge in [0.25, 0.3) is 0 Å². The van der Waals surface area contributed by atoms with Crippen molar-refractivity contribution in [2.75, 3.05) is 33.3 Å². The van der Waals surface area contributed by atoms with Gasteiger partial charge < -0.3 is 14.6 Å². The fourth-order valence-corrected chi connectivity index (χ4v) is 3.34. The van der Waals surface area contributed by atoms with Gasteiger partial charge in [0, 0.05) is 20.2 Å². The van der Waals surface area contributed by atoms with Gasteiger partial charge in [-0.2, -0.15) is 4.98 Å². The second kappa shape index (κ2) is 7.54. The van der Waals surface area contributed by atoms with Crippen molar-refractivity contribution in [2.45, 2.75) is 38.3 Å². The van der Waals surface area contributed by atoms with E-state index in [0.29, 0.717) is 5.82 Å². The Morgan fingerprint density at radius 2 is 2.14 bits per heavy atom. The summed E-state index contributed by atoms with van der Waals surface area (Å²) in [6.07, 6.45) is 3.73. The number of nitrogens with one attached hydrogen (secondary N) is 1. The Hall–Kier alpha value is -0.690. The number of hydrogen-bond acceptors (Lipinski definition) is 6. The Labute approximate surface area is 132 Å². The normalized spacial score (nSPS) is 27.7. The minimum atomic E-state index is 0. The molecule has 6 nitrogen and oxygen atoms in total. The van der Waals surface area contributed by atoms with Gasteiger partial charge in [-0.3, -0.25) is 4.90 Å². The van der Waals surface area contributed by atoms with Gasteiger partial charge in [-0.1, -0.05) is 5.16 Å². The number of aromatic nitrogens is 2. The van der Waals surface area contributed by atoms with Gasteiger partial charge in [0.05, 0.1) is 12.1 Å². The van der Waals surface area contributed by atoms with E-state index in [0.717, 1.165) is 44.4 Å². The number of methoxy groups -OCH3 is 1. The molecule has 1 aromatic rings. The largest absolute Gasteiger partial charge is 0.380 e. The summed E-state index contributed by atoms with van der Waals surface area (Å²) in [6, 6.07) is 0.219. The molecule has 1 N–H and O–H groups in total. The van der Waals surface area contributed by atoms with Crippen LogP contribution in [0.3, 0.4) is 0 Å². The van der Waals surface area contributed by atoms with E-state index in [4.69, 9.17) is 9.26 Å². The van der Waals surface area contributed by atoms with Crippen molar-refractivity contribution in [1.29, 1.82) is 0 Å². The van der Waals surface area contributed by atoms with Gasteiger partial charge in [0.1, 0.15) is 0 Å². The van der Waals surface area contributed by atoms with Gasteiger partial charge in [-0.15, -0.1) is 12.4 Å². The fourth-order valence-electron chi connectivity index (χ4n) is 3.34. The zero-order chi connectivity index (χ0) is 13.9. The summed E-state index contributed by atoms with van der Waals surface area (Å²) in [6.45, 7) is 6.21. The summed E-state index contributed by atoms with van der Waals surface area (Å²) < 4.78 is 10.9. The summed E-state index contributed by atoms with van der Waals surface area (Å²) in [5, 5.41) is 7.35. The quantitative estimate of drug-likeness (QED) is 0.909. The van der Waals surface area contributed by atoms with E-state index in [9.17, 15) is 0 Å². The first-order chi connectivity index (χ1) is 9.76. The molecule has 1 aromatic heterocycles. The molecule has 0 amide bonds. The Bertz CT molecular complexity index is 436. The minimum Gasteiger partial charge on any atom is -0.380 e. The average molecular weight is 317 g/mol. The van der Waals surface area contributed by atoms with Crippen molar-refractivity contribution in [2.24, 2.45) is 5.92 Å². The van der Waals surface area contributed by atoms with Gasteiger partial charge in [0.2, 0.25) is 5.89 Å². The first-order valence-corrected chi connectivity index (χ1v) is 7.54. The van der Waals surface area contributed by atoms with E-state index >= 15 is 0 Å². The molecule has 3 heterocycles. The van der Waals surface area contributed by atoms with Crippen molar-refractivity contribution in [3.05, 3.63) is 11.7 Å². The number of ether oxygens (including phenoxy) is 1. The zero-order valence-corrected chi connectivity index (χ0v) is 13.6. The first kappa shape index (κ1) is 16.7. The number of likely N-dealkylation sites (tertiary alicyclic amines) is 1. The van der Waals surface area contributed by atoms with Crippen LogP contribution in [-0.2, 0) is 4.74 Å². The predicted molar refractivity (Wildman–Crippen MR) is 81.6 cm³/mol. The molecule has 0 spiro atoms. The molecule has 2 aliphatic rings. The summed E-state index contributed by atoms with van der Waals surface area (Å²) in [5.41, 5.74) is 0. The van der Waals surface area contributed by atoms with E-state index < -0.39 is 0 Å². The molecule has 2 atom stereocenters. The number of piperidine rings is 1. The summed E-state index contributed by atoms with van der Waals surface area (Å²) in [4.78, 5) is 6.89. The van der Waals surface area contributed by atoms with Crippen molar-refractivity contribution in [3.63, 3.8) is 0 Å². The van der Waals surface area contributed by atoms with E-state index in [-0.39, 0.29) is 24.6 Å². The second-order valence-corrected chi connectivity index (χ2v) is 5.94. The molecule has 2 fully saturated rings. The summed E-state index contributed by atoms with van der Waals surface area (Å²) >= 11 is 0. The minimum absolute atomic E-state index is 0. The number of halogens is 1. The Morgan fingerprint density at radius 3 is 2.76 bits per heavy atom. The molecule has 7 heteroatoms. The molecular weight excluding hydrogens is 292 g/mol. The summed E-state index contributed by atoms with van der Waals surface area (Å²) in [7, 11) is 1.79. The molecule has 120 valence electrons. The monoisotopic (exact) mass is 316 g/mol. The maximum Gasteiger partial charge on any atom is 0.244 e. The third-order valence-electron chi connectivity index (χ3n) is 4.48. The topological polar surface area (TPSA) is 63.4 Å². The Balaban J connectivity index is 0.00000161. The van der Waals surface area contributed by atoms with Crippen LogP contribution in [0.2, 0.25) is 0 Å². The van der Waals surface area contributed by atoms with Crippen LogP contribution in [0.15, 0.2) is 4.52 Å². The lowest BCUT2D eigenvalue weighted by Gasteiger charge is -2.29. The number of nitrogens with zero attached hydrogens (tertiary/aromatic N) is 3. The Morgan fingerprint density at radius 1 is 1.38 bits per heavy atom. The van der Waals surface area contributed by atoms with Crippen LogP contribution in [0, 0.1) is 12.8 Å². The van der Waals surface area contributed by atoms with Gasteiger partial charge in [-0.25, -0.2) is 0 Å². The lowest BCUT2D eigenvalue weighted by Crippen LogP contribution is -2.36. The maximum atomic E-state index is 5.55. The molecule has 0 aliphatic carbocycles. The molecule has 2 saturated heterocycles. The molecule has 0 saturated carbocycles. The van der Waals surface area contributed by atoms with Crippen LogP contribution in [0.1, 0.15) is 37.0 Å². The average Bonchev–Trinajstić information content (AvgIpc) is 3.06. The third kappa shape index (κ3) is 3.94. The van der Waals surface area contributed by atoms with Crippen molar-refractivity contribution in [3.8, 4) is 0 Å². The van der Waals surface area contributed by atoms with Gasteiger partial charge >= 0.3 is 0 Å². The highest BCUT2D eigenvalue weighted by Crippen LogP contribution is 2.33. The fraction of sp³-hybridized carbons (Fsp3) is 0.857. The highest BCUT2D eigenvalue weighted by Gasteiger charge is 2.37. The van der Waals surface area contributed by atoms with E-state index in [1.165, 1.54) is 12.8 Å². The SMILES string of the molecule is CO[C@H]1C[C@H](c2nc(C)no2)N(CC2CCNCC2)C1.Cl. The van der Waals surface area contributed by atoms with Crippen LogP contribution in [0.5, 0.6) is 0 Å². The lowest BCUT2D eigenvalue weighted by atomic mass is 9.97. The molecular formula is C14H25ClN4O2. The molecule has 21 heavy (non-hydrogen) atoms. The van der Waals surface area contributed by atoms with Crippen LogP contribution in [-0.4, -0.2) is 54.4 Å². The standard InChI is InChI=1S/C14H24N4O2.ClH/c1-10-16-14(20-17-10)13-7-12(19-2)9-18(13)8-11-3-5-15-6-4-11;/h11-13,15H,3-9H2,1-2H3;1H/t12-,13+;/m0./s1. The zero-order valence-electron chi connectivity index (χ0n) is 12.7. The first-order valence-electron chi connectivity index (χ1n) is 7.54. The van der Waals surface area contributed by atoms with Crippen LogP contribution >= 0.6 is 12.4 Å². The van der Waals surface area contributed by atoms with Crippen LogP contribution < -0.4 is 5.32 Å². The highest BCUT2D eigenvalue weighted by atomic mass is 35.5. The number of hydrogen-bond donors (Lipinski definition) is 1. The smallest absolute Gasteiger partial charge is 0.244 e. The third-order valence-corrected chi connectivity index (χ3v) is 4.48. The van der Waals surface area contributed by atoms with Crippen molar-refractivity contribution in [1.82, 2.24) is 20.4 Å². The number of rotatable bonds is 4. The predicted octanol–water partition coefficient (Wildman–Crippen LogP) is 1.56. The van der Waals surface area contributed by atoms with Gasteiger partial charge in [-0.05, 0) is 45.2 Å². The van der Waals surface area contributed by atoms with E-state index in [1.54, 1.807) is 7.11 Å². The highest BCUT2D eigenvalue weighted by molar-refractivity contribution is 5.85. The molecule has 0 bridgehead atoms. The van der Waals surface area contributed by atoms with Crippen LogP contribution in [0.4, 0.5) is 0 Å². The molecule has 2 aliphatic heterocycles. The molecule has 0 unspecified atom stereocenters. The van der Waals surface area contributed by atoms with Gasteiger partial charge in [0.15, 0.2) is 5.82 Å². The van der Waals surface area contributed by atoms with Crippen molar-refractivity contribution < 1.29 is 9.26 Å². The number of aryl methyl sites for hydroxylation is 1. The van der Waals surface area contributed by atoms with Crippen molar-refractivity contribution >= 4 is 12.4 Å². The summed E-state index contributed by atoms with van der Waals surface area (Å²) in [5.74, 6) is 2.22.